The molecule has 4 rings (SSSR count). The maximum Gasteiger partial charge on any atom is 0.328 e. The van der Waals surface area contributed by atoms with E-state index in [2.05, 4.69) is 4.90 Å². The Morgan fingerprint density at radius 2 is 1.29 bits per heavy atom. The number of methoxy groups -OCH3 is 3. The molecular formula is C31H35NO6. The lowest BCUT2D eigenvalue weighted by Gasteiger charge is -2.37. The van der Waals surface area contributed by atoms with Gasteiger partial charge in [-0.3, -0.25) is 4.90 Å². The van der Waals surface area contributed by atoms with Gasteiger partial charge in [0.2, 0.25) is 0 Å². The van der Waals surface area contributed by atoms with Crippen molar-refractivity contribution in [1.29, 1.82) is 0 Å². The second kappa shape index (κ2) is 12.6. The number of carboxylic acids is 1. The van der Waals surface area contributed by atoms with Gasteiger partial charge in [0.25, 0.3) is 0 Å². The lowest BCUT2D eigenvalue weighted by atomic mass is 9.80. The van der Waals surface area contributed by atoms with Crippen LogP contribution >= 0.6 is 0 Å². The quantitative estimate of drug-likeness (QED) is 0.264. The van der Waals surface area contributed by atoms with Gasteiger partial charge in [-0.2, -0.15) is 0 Å². The largest absolute Gasteiger partial charge is 0.497 e. The van der Waals surface area contributed by atoms with Crippen molar-refractivity contribution in [2.24, 2.45) is 0 Å². The maximum absolute atomic E-state index is 11.1. The molecule has 1 N–H and O–H groups in total. The zero-order valence-electron chi connectivity index (χ0n) is 22.1. The minimum absolute atomic E-state index is 0.0899. The molecule has 3 aromatic carbocycles. The number of rotatable bonds is 12. The van der Waals surface area contributed by atoms with E-state index in [1.165, 1.54) is 6.08 Å². The average Bonchev–Trinajstić information content (AvgIpc) is 3.42. The van der Waals surface area contributed by atoms with Crippen LogP contribution in [0.5, 0.6) is 17.2 Å². The second-order valence-electron chi connectivity index (χ2n) is 9.16. The van der Waals surface area contributed by atoms with Crippen LogP contribution in [-0.2, 0) is 15.1 Å². The van der Waals surface area contributed by atoms with Gasteiger partial charge >= 0.3 is 5.97 Å². The van der Waals surface area contributed by atoms with E-state index in [9.17, 15) is 4.79 Å². The lowest BCUT2D eigenvalue weighted by molar-refractivity contribution is -0.131. The Kier molecular flexibility index (Phi) is 9.05. The highest BCUT2D eigenvalue weighted by Gasteiger charge is 2.38. The van der Waals surface area contributed by atoms with Gasteiger partial charge in [-0.25, -0.2) is 4.79 Å². The summed E-state index contributed by atoms with van der Waals surface area (Å²) >= 11 is 0. The fourth-order valence-corrected chi connectivity index (χ4v) is 5.08. The molecule has 0 saturated carbocycles. The predicted molar refractivity (Wildman–Crippen MR) is 146 cm³/mol. The standard InChI is InChI=1S/C31H35NO6/c1-35-27-13-6-23(7-14-27)31(24-8-15-28(36-2)16-9-24,25-10-17-29(37-3)18-11-25)38-22-21-32-20-4-5-26(32)12-19-30(33)34/h6-19,26H,4-5,20-22H2,1-3H3,(H,33,34)/t26-/m0/s1. The molecule has 0 bridgehead atoms. The summed E-state index contributed by atoms with van der Waals surface area (Å²) in [7, 11) is 4.95. The maximum atomic E-state index is 11.1. The summed E-state index contributed by atoms with van der Waals surface area (Å²) in [5.74, 6) is 1.36. The lowest BCUT2D eigenvalue weighted by Crippen LogP contribution is -2.37. The van der Waals surface area contributed by atoms with Crippen LogP contribution in [0.2, 0.25) is 0 Å². The van der Waals surface area contributed by atoms with Crippen molar-refractivity contribution in [1.82, 2.24) is 4.90 Å². The Labute approximate surface area is 224 Å². The summed E-state index contributed by atoms with van der Waals surface area (Å²) in [5, 5.41) is 9.08. The zero-order chi connectivity index (χ0) is 27.0. The van der Waals surface area contributed by atoms with Gasteiger partial charge < -0.3 is 24.1 Å². The van der Waals surface area contributed by atoms with Gasteiger partial charge in [-0.05, 0) is 72.5 Å². The van der Waals surface area contributed by atoms with Crippen LogP contribution in [0.1, 0.15) is 29.5 Å². The summed E-state index contributed by atoms with van der Waals surface area (Å²) in [5.41, 5.74) is 1.95. The molecule has 200 valence electrons. The number of ether oxygens (including phenoxy) is 4. The highest BCUT2D eigenvalue weighted by atomic mass is 16.5. The Bertz CT molecular complexity index is 1090. The topological polar surface area (TPSA) is 77.5 Å². The van der Waals surface area contributed by atoms with Crippen LogP contribution in [0.25, 0.3) is 0 Å². The normalized spacial score (nSPS) is 16.0. The summed E-state index contributed by atoms with van der Waals surface area (Å²) in [6.45, 7) is 2.00. The predicted octanol–water partition coefficient (Wildman–Crippen LogP) is 5.13. The fraction of sp³-hybridized carbons (Fsp3) is 0.323. The van der Waals surface area contributed by atoms with Crippen molar-refractivity contribution in [3.63, 3.8) is 0 Å². The van der Waals surface area contributed by atoms with Crippen molar-refractivity contribution in [2.75, 3.05) is 41.0 Å². The molecule has 0 aliphatic carbocycles. The Morgan fingerprint density at radius 3 is 1.68 bits per heavy atom. The summed E-state index contributed by atoms with van der Waals surface area (Å²) in [6.07, 6.45) is 4.97. The zero-order valence-corrected chi connectivity index (χ0v) is 22.1. The van der Waals surface area contributed by atoms with Crippen molar-refractivity contribution in [3.05, 3.63) is 102 Å². The molecule has 1 fully saturated rings. The molecule has 0 unspecified atom stereocenters. The molecule has 7 heteroatoms. The highest BCUT2D eigenvalue weighted by Crippen LogP contribution is 2.42. The molecule has 38 heavy (non-hydrogen) atoms. The van der Waals surface area contributed by atoms with Crippen LogP contribution in [0, 0.1) is 0 Å². The van der Waals surface area contributed by atoms with E-state index in [0.717, 1.165) is 53.3 Å². The molecule has 1 aliphatic rings. The number of benzene rings is 3. The van der Waals surface area contributed by atoms with Gasteiger partial charge in [0.1, 0.15) is 22.8 Å². The Morgan fingerprint density at radius 1 is 0.842 bits per heavy atom. The third-order valence-corrected chi connectivity index (χ3v) is 7.06. The molecular weight excluding hydrogens is 482 g/mol. The van der Waals surface area contributed by atoms with E-state index in [1.807, 2.05) is 72.8 Å². The van der Waals surface area contributed by atoms with Crippen molar-refractivity contribution < 1.29 is 28.8 Å². The number of aliphatic carboxylic acids is 1. The summed E-state index contributed by atoms with van der Waals surface area (Å²) < 4.78 is 23.2. The highest BCUT2D eigenvalue weighted by molar-refractivity contribution is 5.79. The molecule has 7 nitrogen and oxygen atoms in total. The number of likely N-dealkylation sites (tertiary alicyclic amines) is 1. The van der Waals surface area contributed by atoms with Crippen molar-refractivity contribution in [3.8, 4) is 17.2 Å². The second-order valence-corrected chi connectivity index (χ2v) is 9.16. The van der Waals surface area contributed by atoms with E-state index in [-0.39, 0.29) is 6.04 Å². The first-order valence-corrected chi connectivity index (χ1v) is 12.7. The fourth-order valence-electron chi connectivity index (χ4n) is 5.08. The minimum atomic E-state index is -0.925. The Balaban J connectivity index is 1.74. The molecule has 1 heterocycles. The molecule has 0 amide bonds. The number of nitrogens with zero attached hydrogens (tertiary/aromatic N) is 1. The number of hydrogen-bond acceptors (Lipinski definition) is 6. The van der Waals surface area contributed by atoms with Crippen LogP contribution in [0.4, 0.5) is 0 Å². The van der Waals surface area contributed by atoms with Crippen molar-refractivity contribution >= 4 is 5.97 Å². The molecule has 1 saturated heterocycles. The molecule has 0 aromatic heterocycles. The SMILES string of the molecule is COc1ccc(C(OCCN2CCC[C@H]2C=CC(=O)O)(c2ccc(OC)cc2)c2ccc(OC)cc2)cc1. The van der Waals surface area contributed by atoms with E-state index in [1.54, 1.807) is 27.4 Å². The van der Waals surface area contributed by atoms with Gasteiger partial charge in [0.15, 0.2) is 0 Å². The summed E-state index contributed by atoms with van der Waals surface area (Å²) in [4.78, 5) is 13.3. The Hall–Kier alpha value is -3.81. The van der Waals surface area contributed by atoms with Crippen LogP contribution in [0.15, 0.2) is 84.9 Å². The average molecular weight is 518 g/mol. The number of hydrogen-bond donors (Lipinski definition) is 1. The third-order valence-electron chi connectivity index (χ3n) is 7.06. The van der Waals surface area contributed by atoms with Crippen LogP contribution in [0.3, 0.4) is 0 Å². The van der Waals surface area contributed by atoms with Gasteiger partial charge in [-0.1, -0.05) is 42.5 Å². The summed E-state index contributed by atoms with van der Waals surface area (Å²) in [6, 6.07) is 23.9. The number of carbonyl (C=O) groups is 1. The molecule has 1 atom stereocenters. The third kappa shape index (κ3) is 6.01. The first-order valence-electron chi connectivity index (χ1n) is 12.7. The van der Waals surface area contributed by atoms with E-state index in [4.69, 9.17) is 24.1 Å². The van der Waals surface area contributed by atoms with Gasteiger partial charge in [-0.15, -0.1) is 0 Å². The van der Waals surface area contributed by atoms with E-state index < -0.39 is 11.6 Å². The first-order chi connectivity index (χ1) is 18.5. The molecule has 1 aliphatic heterocycles. The number of carboxylic acid groups (broad SMARTS) is 1. The molecule has 0 spiro atoms. The first kappa shape index (κ1) is 27.2. The van der Waals surface area contributed by atoms with Crippen molar-refractivity contribution in [2.45, 2.75) is 24.5 Å². The minimum Gasteiger partial charge on any atom is -0.497 e. The van der Waals surface area contributed by atoms with Gasteiger partial charge in [0, 0.05) is 18.7 Å². The van der Waals surface area contributed by atoms with E-state index in [0.29, 0.717) is 13.2 Å². The van der Waals surface area contributed by atoms with Crippen LogP contribution < -0.4 is 14.2 Å². The molecule has 3 aromatic rings. The monoisotopic (exact) mass is 517 g/mol. The molecule has 0 radical (unpaired) electrons. The van der Waals surface area contributed by atoms with E-state index >= 15 is 0 Å². The van der Waals surface area contributed by atoms with Gasteiger partial charge in [0.05, 0.1) is 27.9 Å². The smallest absolute Gasteiger partial charge is 0.328 e. The van der Waals surface area contributed by atoms with Crippen LogP contribution in [-0.4, -0.2) is 63.0 Å².